The van der Waals surface area contributed by atoms with Crippen LogP contribution in [0, 0.1) is 5.92 Å². The number of anilines is 1. The van der Waals surface area contributed by atoms with Crippen LogP contribution in [0.4, 0.5) is 5.69 Å². The van der Waals surface area contributed by atoms with Gasteiger partial charge in [0, 0.05) is 23.7 Å². The number of allylic oxidation sites excluding steroid dienone is 2. The van der Waals surface area contributed by atoms with Crippen molar-refractivity contribution < 1.29 is 19.5 Å². The lowest BCUT2D eigenvalue weighted by atomic mass is 9.99. The molecule has 1 heterocycles. The molecule has 6 heteroatoms. The first-order chi connectivity index (χ1) is 13.0. The van der Waals surface area contributed by atoms with Crippen LogP contribution in [0.25, 0.3) is 0 Å². The fourth-order valence-electron chi connectivity index (χ4n) is 3.28. The summed E-state index contributed by atoms with van der Waals surface area (Å²) in [7, 11) is 0. The van der Waals surface area contributed by atoms with E-state index in [1.165, 1.54) is 4.90 Å². The van der Waals surface area contributed by atoms with Crippen molar-refractivity contribution in [1.82, 2.24) is 4.90 Å². The number of carboxylic acid groups (broad SMARTS) is 1. The number of hydrogen-bond acceptors (Lipinski definition) is 3. The van der Waals surface area contributed by atoms with Crippen LogP contribution < -0.4 is 5.32 Å². The maximum atomic E-state index is 12.8. The Bertz CT molecular complexity index is 719. The Balaban J connectivity index is 2.15. The first-order valence-electron chi connectivity index (χ1n) is 9.14. The van der Waals surface area contributed by atoms with Crippen molar-refractivity contribution in [2.45, 2.75) is 38.1 Å². The number of carbonyl (C=O) groups is 3. The number of aliphatic carboxylic acids is 1. The lowest BCUT2D eigenvalue weighted by molar-refractivity contribution is -0.143. The van der Waals surface area contributed by atoms with E-state index in [4.69, 9.17) is 0 Å². The molecular weight excluding hydrogens is 344 g/mol. The van der Waals surface area contributed by atoms with E-state index in [0.29, 0.717) is 37.1 Å². The van der Waals surface area contributed by atoms with Crippen molar-refractivity contribution in [1.29, 1.82) is 0 Å². The zero-order chi connectivity index (χ0) is 19.8. The summed E-state index contributed by atoms with van der Waals surface area (Å²) in [4.78, 5) is 38.1. The summed E-state index contributed by atoms with van der Waals surface area (Å²) < 4.78 is 0. The fourth-order valence-corrected chi connectivity index (χ4v) is 3.28. The number of carbonyl (C=O) groups excluding carboxylic acids is 2. The molecule has 1 saturated heterocycles. The Labute approximate surface area is 159 Å². The third-order valence-electron chi connectivity index (χ3n) is 4.70. The van der Waals surface area contributed by atoms with Crippen molar-refractivity contribution in [2.75, 3.05) is 11.9 Å². The zero-order valence-electron chi connectivity index (χ0n) is 15.4. The van der Waals surface area contributed by atoms with Gasteiger partial charge in [0.15, 0.2) is 0 Å². The highest BCUT2D eigenvalue weighted by atomic mass is 16.4. The summed E-state index contributed by atoms with van der Waals surface area (Å²) >= 11 is 0. The number of nitrogens with one attached hydrogen (secondary N) is 1. The van der Waals surface area contributed by atoms with E-state index >= 15 is 0 Å². The number of likely N-dealkylation sites (tertiary alicyclic amines) is 1. The molecule has 1 aromatic carbocycles. The number of amides is 2. The molecule has 2 rings (SSSR count). The molecule has 144 valence electrons. The minimum Gasteiger partial charge on any atom is -0.480 e. The second-order valence-electron chi connectivity index (χ2n) is 6.66. The predicted octanol–water partition coefficient (Wildman–Crippen LogP) is 3.47. The fraction of sp³-hybridized carbons (Fsp3) is 0.381. The molecule has 0 bridgehead atoms. The minimum absolute atomic E-state index is 0.166. The Hall–Kier alpha value is -2.89. The van der Waals surface area contributed by atoms with Crippen molar-refractivity contribution >= 4 is 23.5 Å². The second-order valence-corrected chi connectivity index (χ2v) is 6.66. The van der Waals surface area contributed by atoms with Crippen LogP contribution in [-0.4, -0.2) is 40.4 Å². The number of rotatable bonds is 8. The zero-order valence-corrected chi connectivity index (χ0v) is 15.4. The molecule has 1 aliphatic rings. The summed E-state index contributed by atoms with van der Waals surface area (Å²) in [5.41, 5.74) is 0.873. The maximum absolute atomic E-state index is 12.8. The molecule has 2 amide bonds. The third kappa shape index (κ3) is 5.29. The molecule has 1 fully saturated rings. The minimum atomic E-state index is -0.982. The molecule has 1 aromatic rings. The molecule has 2 N–H and O–H groups in total. The average Bonchev–Trinajstić information content (AvgIpc) is 2.67. The summed E-state index contributed by atoms with van der Waals surface area (Å²) in [5.74, 6) is -1.74. The summed E-state index contributed by atoms with van der Waals surface area (Å²) in [5, 5.41) is 12.2. The Morgan fingerprint density at radius 1 is 1.22 bits per heavy atom. The van der Waals surface area contributed by atoms with E-state index < -0.39 is 12.0 Å². The van der Waals surface area contributed by atoms with E-state index in [1.54, 1.807) is 36.4 Å². The van der Waals surface area contributed by atoms with E-state index in [-0.39, 0.29) is 17.7 Å². The van der Waals surface area contributed by atoms with Crippen molar-refractivity contribution in [3.63, 3.8) is 0 Å². The number of hydrogen-bond donors (Lipinski definition) is 2. The van der Waals surface area contributed by atoms with Gasteiger partial charge in [-0.05, 0) is 50.3 Å². The van der Waals surface area contributed by atoms with Crippen LogP contribution in [0.15, 0.2) is 49.6 Å². The standard InChI is InChI=1S/C21H26N2O4/c1-3-8-15(9-4-2)19(24)22-17-11-7-10-16(14-17)20(25)23-13-6-5-12-18(23)21(26)27/h3-4,7,10-11,14-15,18H,1-2,5-6,8-9,12-13H2,(H,22,24)(H,26,27). The van der Waals surface area contributed by atoms with Crippen molar-refractivity contribution in [3.05, 3.63) is 55.1 Å². The second kappa shape index (κ2) is 9.71. The lowest BCUT2D eigenvalue weighted by Gasteiger charge is -2.33. The average molecular weight is 370 g/mol. The summed E-state index contributed by atoms with van der Waals surface area (Å²) in [6.45, 7) is 7.76. The van der Waals surface area contributed by atoms with Crippen molar-refractivity contribution in [3.8, 4) is 0 Å². The summed E-state index contributed by atoms with van der Waals surface area (Å²) in [6, 6.07) is 5.81. The van der Waals surface area contributed by atoms with Crippen LogP contribution in [0.2, 0.25) is 0 Å². The van der Waals surface area contributed by atoms with Gasteiger partial charge in [0.2, 0.25) is 5.91 Å². The Kier molecular flexibility index (Phi) is 7.34. The molecule has 0 saturated carbocycles. The SMILES string of the molecule is C=CCC(CC=C)C(=O)Nc1cccc(C(=O)N2CCCCC2C(=O)O)c1. The molecule has 6 nitrogen and oxygen atoms in total. The highest BCUT2D eigenvalue weighted by molar-refractivity contribution is 5.99. The quantitative estimate of drug-likeness (QED) is 0.686. The van der Waals surface area contributed by atoms with Gasteiger partial charge in [-0.3, -0.25) is 9.59 Å². The van der Waals surface area contributed by atoms with E-state index in [1.807, 2.05) is 0 Å². The molecule has 1 atom stereocenters. The topological polar surface area (TPSA) is 86.7 Å². The normalized spacial score (nSPS) is 16.6. The molecule has 1 aliphatic heterocycles. The molecule has 0 spiro atoms. The van der Waals surface area contributed by atoms with Gasteiger partial charge in [-0.2, -0.15) is 0 Å². The lowest BCUT2D eigenvalue weighted by Crippen LogP contribution is -2.48. The number of nitrogens with zero attached hydrogens (tertiary/aromatic N) is 1. The highest BCUT2D eigenvalue weighted by Crippen LogP contribution is 2.22. The van der Waals surface area contributed by atoms with E-state index in [9.17, 15) is 19.5 Å². The molecule has 27 heavy (non-hydrogen) atoms. The van der Waals surface area contributed by atoms with Crippen LogP contribution in [0.3, 0.4) is 0 Å². The van der Waals surface area contributed by atoms with Gasteiger partial charge in [-0.1, -0.05) is 18.2 Å². The number of benzene rings is 1. The van der Waals surface area contributed by atoms with Crippen LogP contribution in [-0.2, 0) is 9.59 Å². The highest BCUT2D eigenvalue weighted by Gasteiger charge is 2.32. The van der Waals surface area contributed by atoms with Crippen LogP contribution >= 0.6 is 0 Å². The molecular formula is C21H26N2O4. The van der Waals surface area contributed by atoms with Gasteiger partial charge >= 0.3 is 5.97 Å². The van der Waals surface area contributed by atoms with E-state index in [2.05, 4.69) is 18.5 Å². The third-order valence-corrected chi connectivity index (χ3v) is 4.70. The molecule has 0 aromatic heterocycles. The molecule has 1 unspecified atom stereocenters. The summed E-state index contributed by atoms with van der Waals surface area (Å²) in [6.07, 6.45) is 6.49. The van der Waals surface area contributed by atoms with Gasteiger partial charge in [-0.25, -0.2) is 4.79 Å². The van der Waals surface area contributed by atoms with Gasteiger partial charge in [0.1, 0.15) is 6.04 Å². The number of piperidine rings is 1. The maximum Gasteiger partial charge on any atom is 0.326 e. The monoisotopic (exact) mass is 370 g/mol. The smallest absolute Gasteiger partial charge is 0.326 e. The van der Waals surface area contributed by atoms with Crippen LogP contribution in [0.1, 0.15) is 42.5 Å². The Morgan fingerprint density at radius 2 is 1.93 bits per heavy atom. The van der Waals surface area contributed by atoms with Gasteiger partial charge in [0.25, 0.3) is 5.91 Å². The Morgan fingerprint density at radius 3 is 2.56 bits per heavy atom. The van der Waals surface area contributed by atoms with Crippen LogP contribution in [0.5, 0.6) is 0 Å². The van der Waals surface area contributed by atoms with Gasteiger partial charge < -0.3 is 15.3 Å². The first kappa shape index (κ1) is 20.4. The van der Waals surface area contributed by atoms with Gasteiger partial charge in [0.05, 0.1) is 0 Å². The number of carboxylic acids is 1. The predicted molar refractivity (Wildman–Crippen MR) is 105 cm³/mol. The van der Waals surface area contributed by atoms with Crippen molar-refractivity contribution in [2.24, 2.45) is 5.92 Å². The molecule has 0 aliphatic carbocycles. The molecule has 0 radical (unpaired) electrons. The van der Waals surface area contributed by atoms with E-state index in [0.717, 1.165) is 12.8 Å². The first-order valence-corrected chi connectivity index (χ1v) is 9.14. The largest absolute Gasteiger partial charge is 0.480 e. The van der Waals surface area contributed by atoms with Gasteiger partial charge in [-0.15, -0.1) is 13.2 Å².